The molecule has 0 saturated carbocycles. The maximum atomic E-state index is 13.3. The number of piperidine rings is 1. The van der Waals surface area contributed by atoms with Gasteiger partial charge in [0.2, 0.25) is 0 Å². The monoisotopic (exact) mass is 360 g/mol. The number of carbonyl (C=O) groups excluding carboxylic acids is 1. The lowest BCUT2D eigenvalue weighted by molar-refractivity contribution is 0.0705. The number of nitrogens with zero attached hydrogens (tertiary/aromatic N) is 3. The summed E-state index contributed by atoms with van der Waals surface area (Å²) in [7, 11) is 0. The van der Waals surface area contributed by atoms with Gasteiger partial charge in [-0.1, -0.05) is 48.0 Å². The van der Waals surface area contributed by atoms with Gasteiger partial charge < -0.3 is 4.90 Å². The molecule has 1 N–H and O–H groups in total. The third-order valence-corrected chi connectivity index (χ3v) is 5.17. The summed E-state index contributed by atoms with van der Waals surface area (Å²) in [6, 6.07) is 16.2. The minimum Gasteiger partial charge on any atom is -0.338 e. The fraction of sp³-hybridized carbons (Fsp3) is 0.318. The predicted octanol–water partition coefficient (Wildman–Crippen LogP) is 4.11. The van der Waals surface area contributed by atoms with Crippen molar-refractivity contribution >= 4 is 5.91 Å². The molecule has 1 atom stereocenters. The Morgan fingerprint density at radius 3 is 2.78 bits per heavy atom. The third kappa shape index (κ3) is 3.63. The van der Waals surface area contributed by atoms with Crippen molar-refractivity contribution in [2.24, 2.45) is 0 Å². The fourth-order valence-electron chi connectivity index (χ4n) is 3.82. The van der Waals surface area contributed by atoms with E-state index in [0.29, 0.717) is 6.54 Å². The Labute approximate surface area is 159 Å². The number of benzene rings is 2. The van der Waals surface area contributed by atoms with Crippen LogP contribution in [0.15, 0.2) is 48.5 Å². The molecule has 0 spiro atoms. The molecule has 0 bridgehead atoms. The number of amides is 1. The summed E-state index contributed by atoms with van der Waals surface area (Å²) in [4.78, 5) is 19.8. The average Bonchev–Trinajstić information content (AvgIpc) is 3.14. The quantitative estimate of drug-likeness (QED) is 0.765. The van der Waals surface area contributed by atoms with E-state index in [2.05, 4.69) is 40.3 Å². The number of H-pyrrole nitrogens is 1. The number of rotatable bonds is 3. The molecule has 2 aromatic carbocycles. The Morgan fingerprint density at radius 1 is 1.15 bits per heavy atom. The molecule has 1 aromatic heterocycles. The number of hydrogen-bond acceptors (Lipinski definition) is 3. The average molecular weight is 360 g/mol. The summed E-state index contributed by atoms with van der Waals surface area (Å²) in [6.07, 6.45) is 1.98. The van der Waals surface area contributed by atoms with Crippen molar-refractivity contribution in [3.8, 4) is 11.1 Å². The van der Waals surface area contributed by atoms with E-state index in [9.17, 15) is 4.79 Å². The van der Waals surface area contributed by atoms with Gasteiger partial charge in [0.25, 0.3) is 5.91 Å². The van der Waals surface area contributed by atoms with Gasteiger partial charge >= 0.3 is 0 Å². The van der Waals surface area contributed by atoms with Gasteiger partial charge in [-0.2, -0.15) is 5.10 Å². The van der Waals surface area contributed by atoms with E-state index < -0.39 is 0 Å². The first-order valence-electron chi connectivity index (χ1n) is 9.46. The van der Waals surface area contributed by atoms with Crippen molar-refractivity contribution in [2.45, 2.75) is 32.6 Å². The van der Waals surface area contributed by atoms with Crippen molar-refractivity contribution in [1.82, 2.24) is 20.1 Å². The van der Waals surface area contributed by atoms with E-state index in [1.165, 1.54) is 5.56 Å². The molecule has 3 aromatic rings. The Kier molecular flexibility index (Phi) is 4.75. The van der Waals surface area contributed by atoms with Crippen LogP contribution < -0.4 is 0 Å². The standard InChI is InChI=1S/C22H24N4O/c1-15-7-5-8-17(13-15)19-10-3-4-11-20(19)22(27)26-12-6-9-18(14-26)21-23-16(2)24-25-21/h3-5,7-8,10-11,13,18H,6,9,12,14H2,1-2H3,(H,23,24,25). The van der Waals surface area contributed by atoms with E-state index in [1.807, 2.05) is 42.2 Å². The lowest BCUT2D eigenvalue weighted by Gasteiger charge is -2.32. The van der Waals surface area contributed by atoms with Gasteiger partial charge in [-0.15, -0.1) is 0 Å². The summed E-state index contributed by atoms with van der Waals surface area (Å²) in [5, 5.41) is 7.22. The van der Waals surface area contributed by atoms with E-state index >= 15 is 0 Å². The Hall–Kier alpha value is -2.95. The molecular formula is C22H24N4O. The van der Waals surface area contributed by atoms with Gasteiger partial charge in [0, 0.05) is 24.6 Å². The number of aromatic nitrogens is 3. The largest absolute Gasteiger partial charge is 0.338 e. The van der Waals surface area contributed by atoms with Gasteiger partial charge in [-0.05, 0) is 43.9 Å². The van der Waals surface area contributed by atoms with Crippen molar-refractivity contribution in [3.05, 3.63) is 71.3 Å². The number of aryl methyl sites for hydroxylation is 2. The van der Waals surface area contributed by atoms with E-state index in [-0.39, 0.29) is 11.8 Å². The van der Waals surface area contributed by atoms with Crippen LogP contribution in [0.2, 0.25) is 0 Å². The van der Waals surface area contributed by atoms with Crippen LogP contribution in [0.1, 0.15) is 46.3 Å². The van der Waals surface area contributed by atoms with Gasteiger partial charge in [-0.25, -0.2) is 4.98 Å². The molecule has 1 saturated heterocycles. The predicted molar refractivity (Wildman–Crippen MR) is 106 cm³/mol. The third-order valence-electron chi connectivity index (χ3n) is 5.17. The molecule has 5 heteroatoms. The first-order valence-corrected chi connectivity index (χ1v) is 9.46. The molecule has 1 amide bonds. The second kappa shape index (κ2) is 7.35. The van der Waals surface area contributed by atoms with Gasteiger partial charge in [0.05, 0.1) is 0 Å². The van der Waals surface area contributed by atoms with Crippen LogP contribution in [-0.2, 0) is 0 Å². The highest BCUT2D eigenvalue weighted by molar-refractivity contribution is 6.01. The lowest BCUT2D eigenvalue weighted by Crippen LogP contribution is -2.39. The highest BCUT2D eigenvalue weighted by Crippen LogP contribution is 2.29. The molecular weight excluding hydrogens is 336 g/mol. The number of nitrogens with one attached hydrogen (secondary N) is 1. The minimum absolute atomic E-state index is 0.0871. The van der Waals surface area contributed by atoms with Gasteiger partial charge in [0.15, 0.2) is 5.82 Å². The van der Waals surface area contributed by atoms with Crippen LogP contribution in [0, 0.1) is 13.8 Å². The topological polar surface area (TPSA) is 61.9 Å². The van der Waals surface area contributed by atoms with Crippen molar-refractivity contribution in [1.29, 1.82) is 0 Å². The Balaban J connectivity index is 1.61. The molecule has 27 heavy (non-hydrogen) atoms. The van der Waals surface area contributed by atoms with Crippen LogP contribution >= 0.6 is 0 Å². The molecule has 2 heterocycles. The zero-order valence-electron chi connectivity index (χ0n) is 15.8. The van der Waals surface area contributed by atoms with Crippen LogP contribution in [0.4, 0.5) is 0 Å². The number of likely N-dealkylation sites (tertiary alicyclic amines) is 1. The Morgan fingerprint density at radius 2 is 2.00 bits per heavy atom. The highest BCUT2D eigenvalue weighted by Gasteiger charge is 2.28. The second-order valence-corrected chi connectivity index (χ2v) is 7.28. The summed E-state index contributed by atoms with van der Waals surface area (Å²) < 4.78 is 0. The van der Waals surface area contributed by atoms with Crippen LogP contribution in [0.5, 0.6) is 0 Å². The maximum Gasteiger partial charge on any atom is 0.254 e. The fourth-order valence-corrected chi connectivity index (χ4v) is 3.82. The molecule has 1 unspecified atom stereocenters. The SMILES string of the molecule is Cc1cccc(-c2ccccc2C(=O)N2CCCC(c3n[nH]c(C)n3)C2)c1. The normalized spacial score (nSPS) is 17.1. The van der Waals surface area contributed by atoms with E-state index in [1.54, 1.807) is 0 Å². The second-order valence-electron chi connectivity index (χ2n) is 7.28. The smallest absolute Gasteiger partial charge is 0.254 e. The van der Waals surface area contributed by atoms with Crippen LogP contribution in [-0.4, -0.2) is 39.1 Å². The van der Waals surface area contributed by atoms with Crippen molar-refractivity contribution in [3.63, 3.8) is 0 Å². The summed E-state index contributed by atoms with van der Waals surface area (Å²) in [5.74, 6) is 1.91. The van der Waals surface area contributed by atoms with Crippen LogP contribution in [0.25, 0.3) is 11.1 Å². The van der Waals surface area contributed by atoms with Crippen LogP contribution in [0.3, 0.4) is 0 Å². The van der Waals surface area contributed by atoms with Gasteiger partial charge in [0.1, 0.15) is 5.82 Å². The number of carbonyl (C=O) groups is 1. The first kappa shape index (κ1) is 17.5. The number of hydrogen-bond donors (Lipinski definition) is 1. The molecule has 4 rings (SSSR count). The zero-order valence-corrected chi connectivity index (χ0v) is 15.8. The zero-order chi connectivity index (χ0) is 18.8. The molecule has 1 aliphatic heterocycles. The van der Waals surface area contributed by atoms with Crippen molar-refractivity contribution in [2.75, 3.05) is 13.1 Å². The first-order chi connectivity index (χ1) is 13.1. The molecule has 5 nitrogen and oxygen atoms in total. The molecule has 0 radical (unpaired) electrons. The lowest BCUT2D eigenvalue weighted by atomic mass is 9.94. The summed E-state index contributed by atoms with van der Waals surface area (Å²) in [6.45, 7) is 5.42. The minimum atomic E-state index is 0.0871. The van der Waals surface area contributed by atoms with E-state index in [4.69, 9.17) is 0 Å². The van der Waals surface area contributed by atoms with Crippen molar-refractivity contribution < 1.29 is 4.79 Å². The molecule has 1 aliphatic rings. The summed E-state index contributed by atoms with van der Waals surface area (Å²) >= 11 is 0. The molecule has 1 fully saturated rings. The maximum absolute atomic E-state index is 13.3. The molecule has 0 aliphatic carbocycles. The summed E-state index contributed by atoms with van der Waals surface area (Å²) in [5.41, 5.74) is 4.02. The highest BCUT2D eigenvalue weighted by atomic mass is 16.2. The van der Waals surface area contributed by atoms with E-state index in [0.717, 1.165) is 47.7 Å². The Bertz CT molecular complexity index is 962. The number of aromatic amines is 1. The molecule has 138 valence electrons. The van der Waals surface area contributed by atoms with Gasteiger partial charge in [-0.3, -0.25) is 9.89 Å².